The number of hydrogen-bond donors (Lipinski definition) is 0. The number of aromatic nitrogens is 4. The maximum Gasteiger partial charge on any atom is 0.263 e. The summed E-state index contributed by atoms with van der Waals surface area (Å²) in [4.78, 5) is 42.4. The third-order valence-corrected chi connectivity index (χ3v) is 27.2. The third-order valence-electron chi connectivity index (χ3n) is 27.2. The molecule has 0 amide bonds. The van der Waals surface area contributed by atoms with E-state index in [1.807, 2.05) is 214 Å². The first-order valence-electron chi connectivity index (χ1n) is 45.2. The second-order valence-corrected chi connectivity index (χ2v) is 34.7. The number of fused-ring (bicyclic) bond motifs is 27. The first-order chi connectivity index (χ1) is 66.6. The van der Waals surface area contributed by atoms with Gasteiger partial charge in [0.15, 0.2) is 0 Å². The lowest BCUT2D eigenvalue weighted by Crippen LogP contribution is -2.19. The molecule has 0 saturated heterocycles. The smallest absolute Gasteiger partial charge is 0.263 e. The lowest BCUT2D eigenvalue weighted by Gasteiger charge is -2.15. The van der Waals surface area contributed by atoms with Crippen LogP contribution >= 0.6 is 0 Å². The van der Waals surface area contributed by atoms with Crippen molar-refractivity contribution in [2.75, 3.05) is 0 Å². The Kier molecular flexibility index (Phi) is 17.2. The van der Waals surface area contributed by atoms with Crippen molar-refractivity contribution in [3.63, 3.8) is 0 Å². The molecule has 135 heavy (non-hydrogen) atoms. The van der Waals surface area contributed by atoms with Gasteiger partial charge >= 0.3 is 0 Å². The van der Waals surface area contributed by atoms with E-state index in [1.54, 1.807) is 0 Å². The minimum atomic E-state index is -0.0423. The fraction of sp³-hybridized carbons (Fsp3) is 0. The van der Waals surface area contributed by atoms with E-state index in [4.69, 9.17) is 22.1 Å². The highest BCUT2D eigenvalue weighted by Crippen LogP contribution is 2.44. The second kappa shape index (κ2) is 30.4. The van der Waals surface area contributed by atoms with E-state index < -0.39 is 0 Å². The Balaban J connectivity index is 0.000000103. The number of para-hydroxylation sites is 7. The summed E-state index contributed by atoms with van der Waals surface area (Å²) in [6.07, 6.45) is 0. The molecule has 0 bridgehead atoms. The fourth-order valence-corrected chi connectivity index (χ4v) is 20.8. The molecule has 0 aliphatic carbocycles. The van der Waals surface area contributed by atoms with Crippen LogP contribution in [0.2, 0.25) is 0 Å². The zero-order chi connectivity index (χ0) is 89.2. The number of pyridine rings is 3. The zero-order valence-electron chi connectivity index (χ0n) is 72.1. The van der Waals surface area contributed by atoms with Crippen LogP contribution in [0.15, 0.2) is 473 Å². The first-order valence-corrected chi connectivity index (χ1v) is 45.2. The van der Waals surface area contributed by atoms with Gasteiger partial charge in [0.25, 0.3) is 16.7 Å². The molecule has 29 aromatic rings. The molecule has 12 heteroatoms. The largest absolute Gasteiger partial charge is 0.456 e. The van der Waals surface area contributed by atoms with Crippen LogP contribution in [0.4, 0.5) is 0 Å². The van der Waals surface area contributed by atoms with Gasteiger partial charge in [-0.05, 0) is 261 Å². The van der Waals surface area contributed by atoms with Crippen molar-refractivity contribution < 1.29 is 22.1 Å². The van der Waals surface area contributed by atoms with Crippen LogP contribution in [0.5, 0.6) is 0 Å². The number of hydrogen-bond acceptors (Lipinski definition) is 8. The summed E-state index contributed by atoms with van der Waals surface area (Å²) >= 11 is 0. The van der Waals surface area contributed by atoms with Crippen LogP contribution in [0.25, 0.3) is 264 Å². The van der Waals surface area contributed by atoms with Crippen LogP contribution < -0.4 is 16.7 Å². The van der Waals surface area contributed by atoms with Gasteiger partial charge in [0.2, 0.25) is 0 Å². The Morgan fingerprint density at radius 2 is 0.356 bits per heavy atom. The predicted octanol–water partition coefficient (Wildman–Crippen LogP) is 31.7. The van der Waals surface area contributed by atoms with Crippen molar-refractivity contribution in [1.29, 1.82) is 0 Å². The number of furan rings is 5. The summed E-state index contributed by atoms with van der Waals surface area (Å²) < 4.78 is 38.3. The molecule has 9 aromatic heterocycles. The molecular weight excluding hydrogens is 1660 g/mol. The van der Waals surface area contributed by atoms with Crippen LogP contribution in [0.1, 0.15) is 0 Å². The molecule has 0 radical (unpaired) electrons. The van der Waals surface area contributed by atoms with Crippen LogP contribution in [0.3, 0.4) is 0 Å². The summed E-state index contributed by atoms with van der Waals surface area (Å²) in [6.45, 7) is 0. The topological polar surface area (TPSA) is 137 Å². The maximum atomic E-state index is 14.3. The fourth-order valence-electron chi connectivity index (χ4n) is 20.8. The highest BCUT2D eigenvalue weighted by Gasteiger charge is 2.23. The predicted molar refractivity (Wildman–Crippen MR) is 554 cm³/mol. The highest BCUT2D eigenvalue weighted by molar-refractivity contribution is 6.16. The lowest BCUT2D eigenvalue weighted by molar-refractivity contribution is 0.668. The summed E-state index contributed by atoms with van der Waals surface area (Å²) in [5.41, 5.74) is 25.6. The molecule has 0 aliphatic rings. The summed E-state index contributed by atoms with van der Waals surface area (Å²) in [5.74, 6) is 0. The van der Waals surface area contributed by atoms with E-state index in [2.05, 4.69) is 241 Å². The van der Waals surface area contributed by atoms with Gasteiger partial charge in [-0.25, -0.2) is 0 Å². The first kappa shape index (κ1) is 76.6. The van der Waals surface area contributed by atoms with Crippen molar-refractivity contribution in [3.05, 3.63) is 468 Å². The van der Waals surface area contributed by atoms with Crippen molar-refractivity contribution in [3.8, 4) is 67.3 Å². The molecular formula is C123H72N4O8. The van der Waals surface area contributed by atoms with Crippen molar-refractivity contribution in [2.24, 2.45) is 0 Å². The number of rotatable bonds is 8. The van der Waals surface area contributed by atoms with Gasteiger partial charge in [0.1, 0.15) is 55.8 Å². The molecule has 0 spiro atoms. The standard InChI is InChI=1S/C43H26N2O2.C43H25NO3.C37H21NO3/c46-43-34-15-5-4-12-31(34)35-24-27(28-19-23-42-37(25-28)33-14-7-9-17-41(33)47-42)18-21-40(35)45(43)30-20-22-39-36(26-30)32-13-6-8-16-38(32)44(39)29-10-2-1-3-11-29;45-43-35-10-2-1-7-31(35)36-23-28(29-15-20-34-32-8-3-5-11-39(32)47-42(34)25-29)16-21-38(36)44(43)30-18-13-26(14-19-30)27-17-22-41-37(24-27)33-9-4-6-12-40(33)46-41;39-37-28-10-2-1-7-25(28)29-19-22(23-14-17-35-30(20-23)26-8-3-5-11-33(26)40-35)13-16-32(29)38(37)24-15-18-36-31(21-24)27-9-4-6-12-34(27)41-36/h1-26H;1-25H;1-21H. The summed E-state index contributed by atoms with van der Waals surface area (Å²) in [7, 11) is 0. The summed E-state index contributed by atoms with van der Waals surface area (Å²) in [5, 5.41) is 21.0. The van der Waals surface area contributed by atoms with Crippen LogP contribution in [-0.4, -0.2) is 18.3 Å². The molecule has 0 N–H and O–H groups in total. The normalized spacial score (nSPS) is 11.9. The highest BCUT2D eigenvalue weighted by atomic mass is 16.3. The van der Waals surface area contributed by atoms with Gasteiger partial charge in [-0.2, -0.15) is 0 Å². The second-order valence-electron chi connectivity index (χ2n) is 34.7. The minimum absolute atomic E-state index is 0.0294. The molecule has 632 valence electrons. The number of benzene rings is 20. The van der Waals surface area contributed by atoms with Gasteiger partial charge < -0.3 is 26.7 Å². The van der Waals surface area contributed by atoms with Crippen LogP contribution in [0, 0.1) is 0 Å². The van der Waals surface area contributed by atoms with E-state index in [0.717, 1.165) is 248 Å². The Morgan fingerprint density at radius 1 is 0.126 bits per heavy atom. The molecule has 0 fully saturated rings. The average Bonchev–Trinajstić information content (AvgIpc) is 1.69. The Hall–Kier alpha value is -18.4. The van der Waals surface area contributed by atoms with E-state index in [0.29, 0.717) is 16.2 Å². The Morgan fingerprint density at radius 3 is 0.785 bits per heavy atom. The van der Waals surface area contributed by atoms with Crippen molar-refractivity contribution in [2.45, 2.75) is 0 Å². The quantitative estimate of drug-likeness (QED) is 0.137. The average molecular weight is 1730 g/mol. The maximum absolute atomic E-state index is 14.3. The van der Waals surface area contributed by atoms with E-state index >= 15 is 0 Å². The van der Waals surface area contributed by atoms with Crippen molar-refractivity contribution in [1.82, 2.24) is 18.3 Å². The Bertz CT molecular complexity index is 10300. The van der Waals surface area contributed by atoms with E-state index in [1.165, 1.54) is 0 Å². The number of nitrogens with zero attached hydrogens (tertiary/aromatic N) is 4. The third kappa shape index (κ3) is 12.3. The summed E-state index contributed by atoms with van der Waals surface area (Å²) in [6, 6.07) is 148. The van der Waals surface area contributed by atoms with Gasteiger partial charge in [0.05, 0.1) is 39.0 Å². The molecule has 20 aromatic carbocycles. The lowest BCUT2D eigenvalue weighted by atomic mass is 9.98. The van der Waals surface area contributed by atoms with Crippen LogP contribution in [-0.2, 0) is 0 Å². The molecule has 0 aliphatic heterocycles. The van der Waals surface area contributed by atoms with Gasteiger partial charge in [-0.15, -0.1) is 0 Å². The van der Waals surface area contributed by atoms with Gasteiger partial charge in [0, 0.05) is 108 Å². The van der Waals surface area contributed by atoms with Gasteiger partial charge in [-0.1, -0.05) is 237 Å². The molecule has 9 heterocycles. The molecule has 0 saturated carbocycles. The molecule has 12 nitrogen and oxygen atoms in total. The minimum Gasteiger partial charge on any atom is -0.456 e. The zero-order valence-corrected chi connectivity index (χ0v) is 72.1. The molecule has 29 rings (SSSR count). The van der Waals surface area contributed by atoms with Gasteiger partial charge in [-0.3, -0.25) is 28.1 Å². The van der Waals surface area contributed by atoms with Crippen molar-refractivity contribution >= 4 is 197 Å². The molecule has 0 atom stereocenters. The monoisotopic (exact) mass is 1730 g/mol. The van der Waals surface area contributed by atoms with E-state index in [-0.39, 0.29) is 16.7 Å². The molecule has 0 unspecified atom stereocenters. The Labute approximate surface area is 766 Å². The SMILES string of the molecule is O=c1c2ccccc2c2cc(-c3ccc4c(c3)oc3ccccc34)ccc2n1-c1ccc(-c2ccc3oc4ccccc4c3c2)cc1.O=c1c2ccccc2c2cc(-c3ccc4oc5ccccc5c4c3)ccc2n1-c1ccc2c(c1)c1ccccc1n2-c1ccccc1.O=c1c2ccccc2c2cc(-c3ccc4oc5ccccc5c4c3)ccc2n1-c1ccc2oc3ccccc3c2c1. The van der Waals surface area contributed by atoms with E-state index in [9.17, 15) is 14.4 Å².